The summed E-state index contributed by atoms with van der Waals surface area (Å²) in [5.41, 5.74) is -0.922. The van der Waals surface area contributed by atoms with Gasteiger partial charge in [0.15, 0.2) is 5.69 Å². The molecule has 0 N–H and O–H groups in total. The molecule has 22 heavy (non-hydrogen) atoms. The number of nitrogens with zero attached hydrogens (tertiary/aromatic N) is 4. The summed E-state index contributed by atoms with van der Waals surface area (Å²) in [6.45, 7) is 3.19. The molecule has 0 spiro atoms. The lowest BCUT2D eigenvalue weighted by Crippen LogP contribution is -2.44. The van der Waals surface area contributed by atoms with E-state index in [1.165, 1.54) is 0 Å². The van der Waals surface area contributed by atoms with Gasteiger partial charge in [-0.1, -0.05) is 6.92 Å². The Kier molecular flexibility index (Phi) is 4.79. The first-order valence-corrected chi connectivity index (χ1v) is 7.13. The number of rotatable bonds is 3. The Hall–Kier alpha value is -1.57. The third kappa shape index (κ3) is 3.60. The second-order valence-electron chi connectivity index (χ2n) is 5.79. The molecule has 0 bridgehead atoms. The molecule has 2 atom stereocenters. The van der Waals surface area contributed by atoms with Crippen molar-refractivity contribution in [2.45, 2.75) is 25.6 Å². The summed E-state index contributed by atoms with van der Waals surface area (Å²) >= 11 is 0. The molecule has 2 heterocycles. The zero-order valence-electron chi connectivity index (χ0n) is 13.2. The summed E-state index contributed by atoms with van der Waals surface area (Å²) in [5, 5.41) is 0. The molecule has 0 radical (unpaired) electrons. The number of anilines is 2. The predicted octanol–water partition coefficient (Wildman–Crippen LogP) is 2.42. The van der Waals surface area contributed by atoms with E-state index in [2.05, 4.69) is 16.9 Å². The van der Waals surface area contributed by atoms with Crippen LogP contribution in [0.3, 0.4) is 0 Å². The van der Waals surface area contributed by atoms with Gasteiger partial charge in [0, 0.05) is 40.4 Å². The van der Waals surface area contributed by atoms with Crippen molar-refractivity contribution in [1.82, 2.24) is 9.97 Å². The van der Waals surface area contributed by atoms with Crippen molar-refractivity contribution in [3.8, 4) is 0 Å². The molecular formula is C14H21F3N4O. The maximum absolute atomic E-state index is 13.0. The summed E-state index contributed by atoms with van der Waals surface area (Å²) in [6, 6.07) is 0.962. The van der Waals surface area contributed by atoms with E-state index in [0.717, 1.165) is 12.5 Å². The highest BCUT2D eigenvalue weighted by Gasteiger charge is 2.35. The molecule has 1 aromatic heterocycles. The normalized spacial score (nSPS) is 22.8. The SMILES string of the molecule is COC1CN(c2nc(N(C)C)cc(C(F)(F)F)n2)CCC1C. The van der Waals surface area contributed by atoms with Crippen molar-refractivity contribution < 1.29 is 17.9 Å². The van der Waals surface area contributed by atoms with Crippen LogP contribution in [0.25, 0.3) is 0 Å². The van der Waals surface area contributed by atoms with Gasteiger partial charge in [0.25, 0.3) is 0 Å². The minimum atomic E-state index is -4.49. The number of halogens is 3. The maximum atomic E-state index is 13.0. The monoisotopic (exact) mass is 318 g/mol. The van der Waals surface area contributed by atoms with E-state index in [0.29, 0.717) is 19.0 Å². The third-order valence-electron chi connectivity index (χ3n) is 3.92. The Morgan fingerprint density at radius 1 is 1.32 bits per heavy atom. The fourth-order valence-corrected chi connectivity index (χ4v) is 2.46. The molecule has 1 aliphatic heterocycles. The van der Waals surface area contributed by atoms with Gasteiger partial charge in [0.05, 0.1) is 6.10 Å². The Labute approximate surface area is 128 Å². The molecule has 1 saturated heterocycles. The predicted molar refractivity (Wildman–Crippen MR) is 78.2 cm³/mol. The molecule has 0 saturated carbocycles. The molecule has 0 aromatic carbocycles. The Morgan fingerprint density at radius 2 is 2.00 bits per heavy atom. The molecule has 2 unspecified atom stereocenters. The van der Waals surface area contributed by atoms with Crippen LogP contribution in [0.5, 0.6) is 0 Å². The number of aromatic nitrogens is 2. The first kappa shape index (κ1) is 16.8. The molecule has 8 heteroatoms. The zero-order valence-corrected chi connectivity index (χ0v) is 13.2. The molecule has 1 fully saturated rings. The van der Waals surface area contributed by atoms with Gasteiger partial charge in [-0.2, -0.15) is 18.2 Å². The Balaban J connectivity index is 2.35. The van der Waals surface area contributed by atoms with Crippen molar-refractivity contribution in [3.63, 3.8) is 0 Å². The van der Waals surface area contributed by atoms with E-state index in [-0.39, 0.29) is 17.9 Å². The van der Waals surface area contributed by atoms with Crippen LogP contribution in [0.15, 0.2) is 6.07 Å². The van der Waals surface area contributed by atoms with E-state index in [1.54, 1.807) is 31.0 Å². The van der Waals surface area contributed by atoms with Crippen molar-refractivity contribution in [1.29, 1.82) is 0 Å². The second-order valence-corrected chi connectivity index (χ2v) is 5.79. The lowest BCUT2D eigenvalue weighted by atomic mass is 9.96. The minimum absolute atomic E-state index is 0.0327. The van der Waals surface area contributed by atoms with Gasteiger partial charge < -0.3 is 14.5 Å². The van der Waals surface area contributed by atoms with Crippen molar-refractivity contribution in [2.75, 3.05) is 44.1 Å². The van der Waals surface area contributed by atoms with E-state index in [9.17, 15) is 13.2 Å². The molecule has 0 amide bonds. The van der Waals surface area contributed by atoms with Crippen LogP contribution in [-0.2, 0) is 10.9 Å². The van der Waals surface area contributed by atoms with Crippen LogP contribution in [0.1, 0.15) is 19.0 Å². The first-order valence-electron chi connectivity index (χ1n) is 7.13. The molecule has 124 valence electrons. The number of hydrogen-bond donors (Lipinski definition) is 0. The molecule has 0 aliphatic carbocycles. The summed E-state index contributed by atoms with van der Waals surface area (Å²) in [7, 11) is 4.92. The van der Waals surface area contributed by atoms with Gasteiger partial charge in [0.1, 0.15) is 5.82 Å². The smallest absolute Gasteiger partial charge is 0.379 e. The van der Waals surface area contributed by atoms with Crippen molar-refractivity contribution in [2.24, 2.45) is 5.92 Å². The highest BCUT2D eigenvalue weighted by Crippen LogP contribution is 2.32. The molecule has 5 nitrogen and oxygen atoms in total. The number of alkyl halides is 3. The van der Waals surface area contributed by atoms with Gasteiger partial charge in [-0.05, 0) is 12.3 Å². The van der Waals surface area contributed by atoms with E-state index < -0.39 is 11.9 Å². The van der Waals surface area contributed by atoms with Crippen LogP contribution >= 0.6 is 0 Å². The third-order valence-corrected chi connectivity index (χ3v) is 3.92. The van der Waals surface area contributed by atoms with Gasteiger partial charge in [-0.3, -0.25) is 0 Å². The largest absolute Gasteiger partial charge is 0.433 e. The average molecular weight is 318 g/mol. The molecular weight excluding hydrogens is 297 g/mol. The highest BCUT2D eigenvalue weighted by atomic mass is 19.4. The van der Waals surface area contributed by atoms with Gasteiger partial charge in [-0.25, -0.2) is 4.98 Å². The fraction of sp³-hybridized carbons (Fsp3) is 0.714. The summed E-state index contributed by atoms with van der Waals surface area (Å²) in [6.07, 6.45) is -3.70. The summed E-state index contributed by atoms with van der Waals surface area (Å²) in [4.78, 5) is 11.3. The fourth-order valence-electron chi connectivity index (χ4n) is 2.46. The summed E-state index contributed by atoms with van der Waals surface area (Å²) in [5.74, 6) is 0.706. The van der Waals surface area contributed by atoms with Gasteiger partial charge in [0.2, 0.25) is 5.95 Å². The second kappa shape index (κ2) is 6.28. The lowest BCUT2D eigenvalue weighted by molar-refractivity contribution is -0.141. The summed E-state index contributed by atoms with van der Waals surface area (Å²) < 4.78 is 44.5. The van der Waals surface area contributed by atoms with Crippen LogP contribution in [-0.4, -0.2) is 50.4 Å². The highest BCUT2D eigenvalue weighted by molar-refractivity contribution is 5.46. The van der Waals surface area contributed by atoms with Crippen LogP contribution in [0, 0.1) is 5.92 Å². The van der Waals surface area contributed by atoms with Crippen LogP contribution in [0.2, 0.25) is 0 Å². The average Bonchev–Trinajstić information content (AvgIpc) is 2.46. The molecule has 2 rings (SSSR count). The van der Waals surface area contributed by atoms with Crippen LogP contribution in [0.4, 0.5) is 24.9 Å². The van der Waals surface area contributed by atoms with Crippen LogP contribution < -0.4 is 9.80 Å². The van der Waals surface area contributed by atoms with E-state index in [1.807, 2.05) is 0 Å². The molecule has 1 aromatic rings. The minimum Gasteiger partial charge on any atom is -0.379 e. The van der Waals surface area contributed by atoms with E-state index in [4.69, 9.17) is 4.74 Å². The van der Waals surface area contributed by atoms with Crippen molar-refractivity contribution >= 4 is 11.8 Å². The van der Waals surface area contributed by atoms with Gasteiger partial charge >= 0.3 is 6.18 Å². The Morgan fingerprint density at radius 3 is 2.55 bits per heavy atom. The number of piperidine rings is 1. The standard InChI is InChI=1S/C14H21F3N4O/c1-9-5-6-21(8-10(9)22-4)13-18-11(14(15,16)17)7-12(19-13)20(2)3/h7,9-10H,5-6,8H2,1-4H3. The zero-order chi connectivity index (χ0) is 16.5. The van der Waals surface area contributed by atoms with E-state index >= 15 is 0 Å². The quantitative estimate of drug-likeness (QED) is 0.856. The lowest BCUT2D eigenvalue weighted by Gasteiger charge is -2.36. The maximum Gasteiger partial charge on any atom is 0.433 e. The van der Waals surface area contributed by atoms with Gasteiger partial charge in [-0.15, -0.1) is 0 Å². The molecule has 1 aliphatic rings. The topological polar surface area (TPSA) is 41.5 Å². The van der Waals surface area contributed by atoms with Crippen molar-refractivity contribution in [3.05, 3.63) is 11.8 Å². The number of methoxy groups -OCH3 is 1. The number of hydrogen-bond acceptors (Lipinski definition) is 5. The Bertz CT molecular complexity index is 521. The number of ether oxygens (including phenoxy) is 1. The first-order chi connectivity index (χ1) is 10.2.